The number of carbonyl (C=O) groups excluding carboxylic acids is 1. The van der Waals surface area contributed by atoms with Crippen LogP contribution in [-0.2, 0) is 23.4 Å². The molecule has 0 fully saturated rings. The summed E-state index contributed by atoms with van der Waals surface area (Å²) < 4.78 is 13.5. The van der Waals surface area contributed by atoms with Gasteiger partial charge >= 0.3 is 5.97 Å². The van der Waals surface area contributed by atoms with Crippen LogP contribution in [0.15, 0.2) is 121 Å². The van der Waals surface area contributed by atoms with Crippen LogP contribution in [-0.4, -0.2) is 19.1 Å². The van der Waals surface area contributed by atoms with Crippen molar-refractivity contribution in [3.63, 3.8) is 0 Å². The van der Waals surface area contributed by atoms with Gasteiger partial charge in [-0.15, -0.1) is 0 Å². The molecule has 5 aromatic rings. The zero-order valence-corrected chi connectivity index (χ0v) is 33.0. The Bertz CT molecular complexity index is 1940. The van der Waals surface area contributed by atoms with Crippen LogP contribution in [0.2, 0.25) is 0 Å². The number of rotatable bonds is 20. The van der Waals surface area contributed by atoms with Gasteiger partial charge in [-0.1, -0.05) is 157 Å². The summed E-state index contributed by atoms with van der Waals surface area (Å²) in [7, 11) is 0. The van der Waals surface area contributed by atoms with Crippen LogP contribution >= 0.6 is 0 Å². The van der Waals surface area contributed by atoms with Crippen LogP contribution in [0.4, 0.5) is 11.4 Å². The van der Waals surface area contributed by atoms with Gasteiger partial charge in [0.1, 0.15) is 11.5 Å². The summed E-state index contributed by atoms with van der Waals surface area (Å²) in [4.78, 5) is 18.7. The third kappa shape index (κ3) is 8.77. The molecule has 0 radical (unpaired) electrons. The first kappa shape index (κ1) is 38.3. The van der Waals surface area contributed by atoms with Crippen molar-refractivity contribution >= 4 is 17.3 Å². The molecule has 55 heavy (non-hydrogen) atoms. The fourth-order valence-electron chi connectivity index (χ4n) is 8.42. The molecule has 2 aliphatic rings. The predicted octanol–water partition coefficient (Wildman–Crippen LogP) is 13.0. The van der Waals surface area contributed by atoms with E-state index in [1.54, 1.807) is 0 Å². The molecule has 2 aliphatic heterocycles. The number of ether oxygens (including phenoxy) is 2. The molecule has 0 amide bonds. The van der Waals surface area contributed by atoms with Gasteiger partial charge in [0.25, 0.3) is 0 Å². The van der Waals surface area contributed by atoms with Crippen molar-refractivity contribution in [2.75, 3.05) is 22.9 Å². The molecule has 2 heterocycles. The molecule has 7 rings (SSSR count). The lowest BCUT2D eigenvalue weighted by Crippen LogP contribution is -2.34. The molecule has 0 saturated heterocycles. The first-order chi connectivity index (χ1) is 27.1. The second-order valence-electron chi connectivity index (χ2n) is 15.4. The van der Waals surface area contributed by atoms with Crippen LogP contribution < -0.4 is 14.5 Å². The number of esters is 1. The number of hydrogen-bond donors (Lipinski definition) is 0. The second kappa shape index (κ2) is 18.5. The number of unbranched alkanes of at least 4 members (excludes halogenated alkanes) is 10. The van der Waals surface area contributed by atoms with Gasteiger partial charge in [-0.3, -0.25) is 0 Å². The van der Waals surface area contributed by atoms with E-state index in [2.05, 4.69) is 127 Å². The molecule has 5 nitrogen and oxygen atoms in total. The summed E-state index contributed by atoms with van der Waals surface area (Å²) in [6.07, 6.45) is 15.3. The Labute approximate surface area is 329 Å². The minimum Gasteiger partial charge on any atom is -0.456 e. The van der Waals surface area contributed by atoms with E-state index in [1.165, 1.54) is 93.9 Å². The van der Waals surface area contributed by atoms with Gasteiger partial charge in [0, 0.05) is 60.3 Å². The fourth-order valence-corrected chi connectivity index (χ4v) is 8.42. The predicted molar refractivity (Wildman–Crippen MR) is 226 cm³/mol. The molecule has 0 N–H and O–H groups in total. The minimum atomic E-state index is -1.13. The molecule has 286 valence electrons. The number of fused-ring (bicyclic) bond motifs is 6. The van der Waals surface area contributed by atoms with Crippen molar-refractivity contribution in [1.82, 2.24) is 0 Å². The van der Waals surface area contributed by atoms with Crippen molar-refractivity contribution in [1.29, 1.82) is 0 Å². The van der Waals surface area contributed by atoms with Gasteiger partial charge in [0.05, 0.1) is 5.56 Å². The van der Waals surface area contributed by atoms with Crippen molar-refractivity contribution < 1.29 is 14.3 Å². The molecule has 1 unspecified atom stereocenters. The largest absolute Gasteiger partial charge is 0.456 e. The molecule has 0 bridgehead atoms. The Morgan fingerprint density at radius 1 is 0.491 bits per heavy atom. The lowest BCUT2D eigenvalue weighted by atomic mass is 9.77. The summed E-state index contributed by atoms with van der Waals surface area (Å²) in [5, 5.41) is 0. The summed E-state index contributed by atoms with van der Waals surface area (Å²) >= 11 is 0. The van der Waals surface area contributed by atoms with Gasteiger partial charge in [-0.05, 0) is 60.4 Å². The van der Waals surface area contributed by atoms with Gasteiger partial charge in [-0.25, -0.2) is 4.79 Å². The van der Waals surface area contributed by atoms with Crippen molar-refractivity contribution in [2.24, 2.45) is 0 Å². The van der Waals surface area contributed by atoms with E-state index in [4.69, 9.17) is 9.47 Å². The maximum Gasteiger partial charge on any atom is 0.340 e. The zero-order valence-electron chi connectivity index (χ0n) is 33.0. The highest BCUT2D eigenvalue weighted by atomic mass is 16.6. The number of carbonyl (C=O) groups is 1. The van der Waals surface area contributed by atoms with E-state index in [9.17, 15) is 4.79 Å². The van der Waals surface area contributed by atoms with Gasteiger partial charge < -0.3 is 19.3 Å². The lowest BCUT2D eigenvalue weighted by molar-refractivity contribution is 0.0224. The fraction of sp³-hybridized carbons (Fsp3) is 0.380. The third-order valence-corrected chi connectivity index (χ3v) is 11.4. The van der Waals surface area contributed by atoms with Crippen molar-refractivity contribution in [3.8, 4) is 11.5 Å². The first-order valence-electron chi connectivity index (χ1n) is 21.0. The van der Waals surface area contributed by atoms with Crippen LogP contribution in [0.3, 0.4) is 0 Å². The Kier molecular flexibility index (Phi) is 12.9. The highest BCUT2D eigenvalue weighted by Crippen LogP contribution is 2.57. The van der Waals surface area contributed by atoms with Crippen LogP contribution in [0.25, 0.3) is 0 Å². The standard InChI is InChI=1S/C50H58N2O3/c1-3-5-7-9-11-21-33-51(34-22-12-10-8-6-4-2)42-29-31-45-48(36-42)54-47-32-30-41(35-46(47)50(45)44-28-20-19-27-43(44)49(53)55-50)52(37-39-23-15-13-16-24-39)38-40-25-17-14-18-26-40/h13-20,23-32,35-36H,3-12,21-22,33-34,37-38H2,1-2H3. The molecule has 0 aromatic heterocycles. The van der Waals surface area contributed by atoms with Crippen molar-refractivity contribution in [2.45, 2.75) is 110 Å². The smallest absolute Gasteiger partial charge is 0.340 e. The molecule has 0 saturated carbocycles. The van der Waals surface area contributed by atoms with Gasteiger partial charge in [0.2, 0.25) is 0 Å². The molecular formula is C50H58N2O3. The highest BCUT2D eigenvalue weighted by Gasteiger charge is 2.53. The zero-order chi connectivity index (χ0) is 37.9. The monoisotopic (exact) mass is 734 g/mol. The van der Waals surface area contributed by atoms with E-state index < -0.39 is 5.60 Å². The van der Waals surface area contributed by atoms with E-state index in [-0.39, 0.29) is 5.97 Å². The molecule has 5 aromatic carbocycles. The minimum absolute atomic E-state index is 0.304. The summed E-state index contributed by atoms with van der Waals surface area (Å²) in [5.41, 5.74) is 6.73. The Morgan fingerprint density at radius 2 is 1.04 bits per heavy atom. The van der Waals surface area contributed by atoms with Crippen LogP contribution in [0.5, 0.6) is 11.5 Å². The Hall–Kier alpha value is -5.03. The summed E-state index contributed by atoms with van der Waals surface area (Å²) in [5.74, 6) is 1.17. The maximum atomic E-state index is 13.8. The molecular weight excluding hydrogens is 677 g/mol. The Morgan fingerprint density at radius 3 is 1.67 bits per heavy atom. The number of hydrogen-bond acceptors (Lipinski definition) is 5. The normalized spacial score (nSPS) is 15.2. The topological polar surface area (TPSA) is 42.0 Å². The Balaban J connectivity index is 1.25. The molecule has 1 spiro atoms. The number of nitrogens with zero attached hydrogens (tertiary/aromatic N) is 2. The molecule has 1 atom stereocenters. The van der Waals surface area contributed by atoms with E-state index in [0.29, 0.717) is 5.56 Å². The lowest BCUT2D eigenvalue weighted by Gasteiger charge is -2.38. The van der Waals surface area contributed by atoms with Gasteiger partial charge in [0.15, 0.2) is 5.60 Å². The number of benzene rings is 5. The maximum absolute atomic E-state index is 13.8. The van der Waals surface area contributed by atoms with E-state index in [0.717, 1.165) is 60.1 Å². The summed E-state index contributed by atoms with van der Waals surface area (Å²) in [6, 6.07) is 42.1. The van der Waals surface area contributed by atoms with E-state index >= 15 is 0 Å². The highest BCUT2D eigenvalue weighted by molar-refractivity contribution is 5.97. The van der Waals surface area contributed by atoms with Crippen LogP contribution in [0, 0.1) is 0 Å². The second-order valence-corrected chi connectivity index (χ2v) is 15.4. The molecule has 5 heteroatoms. The molecule has 0 aliphatic carbocycles. The van der Waals surface area contributed by atoms with Gasteiger partial charge in [-0.2, -0.15) is 0 Å². The average molecular weight is 735 g/mol. The third-order valence-electron chi connectivity index (χ3n) is 11.4. The first-order valence-corrected chi connectivity index (χ1v) is 21.0. The quantitative estimate of drug-likeness (QED) is 0.0588. The van der Waals surface area contributed by atoms with Crippen LogP contribution in [0.1, 0.15) is 129 Å². The SMILES string of the molecule is CCCCCCCCN(CCCCCCCC)c1ccc2c(c1)Oc1ccc(N(Cc3ccccc3)Cc3ccccc3)cc1C21OC(=O)c2ccccc21. The average Bonchev–Trinajstić information content (AvgIpc) is 3.52. The van der Waals surface area contributed by atoms with E-state index in [1.807, 2.05) is 18.2 Å². The van der Waals surface area contributed by atoms with Crippen molar-refractivity contribution in [3.05, 3.63) is 155 Å². The summed E-state index contributed by atoms with van der Waals surface area (Å²) in [6.45, 7) is 8.07. The number of anilines is 2.